The summed E-state index contributed by atoms with van der Waals surface area (Å²) in [4.78, 5) is 10.6. The van der Waals surface area contributed by atoms with Crippen LogP contribution in [0.2, 0.25) is 0 Å². The summed E-state index contributed by atoms with van der Waals surface area (Å²) in [6.07, 6.45) is 0.983. The molecule has 0 heterocycles. The molecule has 1 aromatic carbocycles. The summed E-state index contributed by atoms with van der Waals surface area (Å²) < 4.78 is 0.444. The van der Waals surface area contributed by atoms with Crippen molar-refractivity contribution < 1.29 is 4.17 Å². The minimum absolute atomic E-state index is 0.444. The average molecular weight is 167 g/mol. The number of nitrogens with zero attached hydrogens (tertiary/aromatic N) is 1. The fraction of sp³-hybridized carbons (Fsp3) is 0.250. The van der Waals surface area contributed by atoms with Gasteiger partial charge in [-0.05, 0) is 12.0 Å². The molecular weight excluding hydrogens is 158 g/mol. The summed E-state index contributed by atoms with van der Waals surface area (Å²) in [5.74, 6) is 0. The lowest BCUT2D eigenvalue weighted by atomic mass is 10.2. The lowest BCUT2D eigenvalue weighted by Gasteiger charge is -1.95. The highest BCUT2D eigenvalue weighted by molar-refractivity contribution is 7.51. The zero-order valence-electron chi connectivity index (χ0n) is 6.28. The first-order valence-electron chi connectivity index (χ1n) is 3.47. The van der Waals surface area contributed by atoms with Crippen LogP contribution in [0.3, 0.4) is 0 Å². The largest absolute Gasteiger partial charge is 0.364 e. The molecule has 1 rings (SSSR count). The van der Waals surface area contributed by atoms with Crippen molar-refractivity contribution in [3.63, 3.8) is 0 Å². The minimum Gasteiger partial charge on any atom is -0.364 e. The van der Waals surface area contributed by atoms with Crippen LogP contribution in [0.25, 0.3) is 0 Å². The van der Waals surface area contributed by atoms with Crippen molar-refractivity contribution >= 4 is 18.5 Å². The summed E-state index contributed by atoms with van der Waals surface area (Å²) in [7, 11) is 0. The van der Waals surface area contributed by atoms with Gasteiger partial charge in [-0.1, -0.05) is 23.2 Å². The molecule has 0 radical (unpaired) electrons. The van der Waals surface area contributed by atoms with E-state index in [1.807, 2.05) is 12.1 Å². The molecule has 0 aliphatic rings. The molecule has 0 aromatic heterocycles. The second kappa shape index (κ2) is 3.44. The van der Waals surface area contributed by atoms with Crippen molar-refractivity contribution in [2.24, 2.45) is 0 Å². The Morgan fingerprint density at radius 1 is 1.36 bits per heavy atom. The molecule has 0 bridgehead atoms. The first-order valence-corrected chi connectivity index (χ1v) is 3.84. The molecule has 0 aliphatic heterocycles. The van der Waals surface area contributed by atoms with Crippen LogP contribution >= 0.6 is 0 Å². The third-order valence-electron chi connectivity index (χ3n) is 1.56. The predicted molar refractivity (Wildman–Crippen MR) is 46.5 cm³/mol. The zero-order chi connectivity index (χ0) is 8.27. The molecule has 2 nitrogen and oxygen atoms in total. The Morgan fingerprint density at radius 3 is 2.27 bits per heavy atom. The van der Waals surface area contributed by atoms with Gasteiger partial charge in [0.1, 0.15) is 0 Å². The number of hydrogen-bond acceptors (Lipinski definition) is 2. The normalized spacial score (nSPS) is 9.55. The fourth-order valence-electron chi connectivity index (χ4n) is 0.853. The zero-order valence-corrected chi connectivity index (χ0v) is 7.10. The maximum absolute atomic E-state index is 10.6. The summed E-state index contributed by atoms with van der Waals surface area (Å²) in [5.41, 5.74) is 1.74. The van der Waals surface area contributed by atoms with Crippen LogP contribution in [0.15, 0.2) is 24.3 Å². The Labute approximate surface area is 71.4 Å². The van der Waals surface area contributed by atoms with Gasteiger partial charge < -0.3 is 12.8 Å². The van der Waals surface area contributed by atoms with Crippen LogP contribution in [0.4, 0.5) is 5.69 Å². The lowest BCUT2D eigenvalue weighted by molar-refractivity contribution is -0.262. The Balaban J connectivity index is 2.91. The average Bonchev–Trinajstić information content (AvgIpc) is 2.05. The number of rotatable bonds is 2. The Kier molecular flexibility index (Phi) is 2.54. The van der Waals surface area contributed by atoms with E-state index in [1.54, 1.807) is 12.1 Å². The van der Waals surface area contributed by atoms with Crippen LogP contribution in [0.1, 0.15) is 12.5 Å². The highest BCUT2D eigenvalue weighted by Gasteiger charge is 1.98. The van der Waals surface area contributed by atoms with Gasteiger partial charge >= 0.3 is 0 Å². The van der Waals surface area contributed by atoms with E-state index in [-0.39, 0.29) is 0 Å². The number of benzene rings is 1. The van der Waals surface area contributed by atoms with Crippen LogP contribution in [0, 0.1) is 4.91 Å². The molecule has 0 atom stereocenters. The summed E-state index contributed by atoms with van der Waals surface area (Å²) >= 11 is 4.40. The number of nitroso groups, excluding NO2 is 1. The Hall–Kier alpha value is -0.960. The van der Waals surface area contributed by atoms with Gasteiger partial charge in [-0.3, -0.25) is 0 Å². The quantitative estimate of drug-likeness (QED) is 0.496. The van der Waals surface area contributed by atoms with E-state index in [9.17, 15) is 4.91 Å². The minimum atomic E-state index is 0.444. The number of hydrogen-bond donors (Lipinski definition) is 0. The van der Waals surface area contributed by atoms with Crippen LogP contribution in [-0.2, 0) is 19.2 Å². The molecule has 0 N–H and O–H groups in total. The van der Waals surface area contributed by atoms with E-state index in [0.717, 1.165) is 6.42 Å². The second-order valence-electron chi connectivity index (χ2n) is 2.28. The Bertz CT molecular complexity index is 255. The summed E-state index contributed by atoms with van der Waals surface area (Å²) in [6.45, 7) is 2.07. The molecule has 0 aliphatic carbocycles. The predicted octanol–water partition coefficient (Wildman–Crippen LogP) is 2.12. The van der Waals surface area contributed by atoms with Gasteiger partial charge in [-0.15, -0.1) is 0 Å². The third kappa shape index (κ3) is 1.98. The van der Waals surface area contributed by atoms with Crippen LogP contribution in [0.5, 0.6) is 0 Å². The van der Waals surface area contributed by atoms with Crippen molar-refractivity contribution in [3.8, 4) is 0 Å². The van der Waals surface area contributed by atoms with Crippen LogP contribution < -0.4 is 0 Å². The summed E-state index contributed by atoms with van der Waals surface area (Å²) in [6, 6.07) is 7.29. The molecule has 0 spiro atoms. The van der Waals surface area contributed by atoms with Gasteiger partial charge in [0, 0.05) is 17.0 Å². The second-order valence-corrected chi connectivity index (χ2v) is 2.61. The van der Waals surface area contributed by atoms with Crippen molar-refractivity contribution in [2.75, 3.05) is 0 Å². The smallest absolute Gasteiger partial charge is 0.237 e. The molecule has 58 valence electrons. The highest BCUT2D eigenvalue weighted by atomic mass is 32.1. The maximum Gasteiger partial charge on any atom is 0.237 e. The lowest BCUT2D eigenvalue weighted by Crippen LogP contribution is -1.87. The molecule has 0 saturated heterocycles. The summed E-state index contributed by atoms with van der Waals surface area (Å²) in [5, 5.41) is 0. The van der Waals surface area contributed by atoms with Crippen LogP contribution in [-0.4, -0.2) is 4.17 Å². The molecule has 0 amide bonds. The maximum atomic E-state index is 10.6. The van der Waals surface area contributed by atoms with Gasteiger partial charge in [-0.2, -0.15) is 0 Å². The van der Waals surface area contributed by atoms with Crippen molar-refractivity contribution in [1.29, 1.82) is 0 Å². The van der Waals surface area contributed by atoms with Gasteiger partial charge in [0.2, 0.25) is 5.69 Å². The van der Waals surface area contributed by atoms with Crippen molar-refractivity contribution in [3.05, 3.63) is 34.7 Å². The van der Waals surface area contributed by atoms with Crippen molar-refractivity contribution in [1.82, 2.24) is 0 Å². The van der Waals surface area contributed by atoms with Gasteiger partial charge in [0.15, 0.2) is 0 Å². The van der Waals surface area contributed by atoms with E-state index >= 15 is 0 Å². The van der Waals surface area contributed by atoms with Gasteiger partial charge in [-0.25, -0.2) is 0 Å². The third-order valence-corrected chi connectivity index (χ3v) is 1.77. The first kappa shape index (κ1) is 8.14. The van der Waals surface area contributed by atoms with Gasteiger partial charge in [0.05, 0.1) is 0 Å². The molecule has 0 saturated carbocycles. The van der Waals surface area contributed by atoms with E-state index in [0.29, 0.717) is 9.85 Å². The first-order chi connectivity index (χ1) is 5.24. The molecule has 11 heavy (non-hydrogen) atoms. The molecule has 1 aromatic rings. The van der Waals surface area contributed by atoms with Gasteiger partial charge in [0.25, 0.3) is 0 Å². The SMILES string of the molecule is CCc1ccc([N+](=O)[S-])cc1. The molecule has 0 fully saturated rings. The molecule has 3 heteroatoms. The molecular formula is C8H9NOS. The number of aryl methyl sites for hydroxylation is 1. The van der Waals surface area contributed by atoms with E-state index in [1.165, 1.54) is 5.56 Å². The van der Waals surface area contributed by atoms with Crippen molar-refractivity contribution in [2.45, 2.75) is 13.3 Å². The fourth-order valence-corrected chi connectivity index (χ4v) is 0.975. The topological polar surface area (TPSA) is 20.1 Å². The monoisotopic (exact) mass is 167 g/mol. The van der Waals surface area contributed by atoms with E-state index in [2.05, 4.69) is 19.7 Å². The molecule has 0 unspecified atom stereocenters. The Morgan fingerprint density at radius 2 is 1.91 bits per heavy atom. The van der Waals surface area contributed by atoms with E-state index in [4.69, 9.17) is 0 Å². The standard InChI is InChI=1S/C8H9NOS/c1-2-7-3-5-8(6-4-7)9(10)11/h3-6H,2H2,1H3. The highest BCUT2D eigenvalue weighted by Crippen LogP contribution is 2.11. The van der Waals surface area contributed by atoms with E-state index < -0.39 is 0 Å².